The highest BCUT2D eigenvalue weighted by molar-refractivity contribution is 7.91. The number of pyridine rings is 1. The van der Waals surface area contributed by atoms with Gasteiger partial charge in [0.05, 0.1) is 27.5 Å². The van der Waals surface area contributed by atoms with Crippen molar-refractivity contribution in [3.05, 3.63) is 65.0 Å². The van der Waals surface area contributed by atoms with E-state index < -0.39 is 26.8 Å². The van der Waals surface area contributed by atoms with Crippen molar-refractivity contribution in [3.8, 4) is 6.07 Å². The van der Waals surface area contributed by atoms with Crippen LogP contribution in [0.15, 0.2) is 53.8 Å². The molecule has 5 fully saturated rings. The Labute approximate surface area is 373 Å². The molecule has 10 atom stereocenters. The summed E-state index contributed by atoms with van der Waals surface area (Å²) in [7, 11) is -3.08. The van der Waals surface area contributed by atoms with Crippen LogP contribution in [0.5, 0.6) is 0 Å². The molecule has 0 amide bonds. The summed E-state index contributed by atoms with van der Waals surface area (Å²) in [4.78, 5) is 17.3. The van der Waals surface area contributed by atoms with Crippen molar-refractivity contribution >= 4 is 15.8 Å². The molecule has 3 N–H and O–H groups in total. The summed E-state index contributed by atoms with van der Waals surface area (Å²) in [5.74, 6) is 2.07. The Morgan fingerprint density at radius 1 is 0.919 bits per heavy atom. The van der Waals surface area contributed by atoms with Gasteiger partial charge in [-0.1, -0.05) is 58.9 Å². The SMILES string of the molecule is C=C(C)[C@@H]1CC[C@]2(NCC[C@]3(O)CC[C@@H](S(C)(=O)=O)CC3)CC[C@]3(C)[C@H](CC[C@@H]4[C@@]5(C)CC=C(C6=CC[C@@](CCc7ncccc7C#N)(C(=O)O)CC6)C(C)(C)[C@@H]5CC[C@]43C)[C@@H]12. The molecule has 0 radical (unpaired) electrons. The first-order chi connectivity index (χ1) is 29.1. The van der Waals surface area contributed by atoms with E-state index in [1.54, 1.807) is 18.3 Å². The van der Waals surface area contributed by atoms with Gasteiger partial charge in [-0.25, -0.2) is 8.42 Å². The minimum absolute atomic E-state index is 0.0208. The van der Waals surface area contributed by atoms with Crippen molar-refractivity contribution in [2.75, 3.05) is 12.8 Å². The van der Waals surface area contributed by atoms with Gasteiger partial charge in [0.1, 0.15) is 15.9 Å². The van der Waals surface area contributed by atoms with Gasteiger partial charge in [0.2, 0.25) is 0 Å². The highest BCUT2D eigenvalue weighted by Crippen LogP contribution is 2.76. The molecular weight excluding hydrogens is 791 g/mol. The lowest BCUT2D eigenvalue weighted by molar-refractivity contribution is -0.221. The topological polar surface area (TPSA) is 140 Å². The maximum atomic E-state index is 12.9. The van der Waals surface area contributed by atoms with E-state index in [9.17, 15) is 28.7 Å². The average molecular weight is 868 g/mol. The number of carboxylic acids is 1. The number of nitriles is 1. The minimum atomic E-state index is -3.08. The van der Waals surface area contributed by atoms with E-state index in [2.05, 4.69) is 76.6 Å². The molecule has 1 aromatic rings. The summed E-state index contributed by atoms with van der Waals surface area (Å²) in [6.45, 7) is 20.7. The van der Waals surface area contributed by atoms with E-state index in [1.807, 2.05) is 0 Å². The smallest absolute Gasteiger partial charge is 0.309 e. The van der Waals surface area contributed by atoms with Crippen molar-refractivity contribution < 1.29 is 23.4 Å². The first-order valence-electron chi connectivity index (χ1n) is 24.4. The average Bonchev–Trinajstić information content (AvgIpc) is 3.60. The number of aliphatic hydroxyl groups is 1. The van der Waals surface area contributed by atoms with E-state index in [-0.39, 0.29) is 32.4 Å². The van der Waals surface area contributed by atoms with Crippen LogP contribution in [0.2, 0.25) is 0 Å². The second kappa shape index (κ2) is 16.0. The summed E-state index contributed by atoms with van der Waals surface area (Å²) >= 11 is 0. The van der Waals surface area contributed by atoms with Crippen molar-refractivity contribution in [1.29, 1.82) is 5.26 Å². The molecule has 1 heterocycles. The Hall–Kier alpha value is -2.80. The fourth-order valence-electron chi connectivity index (χ4n) is 16.7. The van der Waals surface area contributed by atoms with Gasteiger partial charge in [-0.05, 0) is 210 Å². The molecule has 0 spiro atoms. The molecule has 1 aromatic heterocycles. The molecule has 62 heavy (non-hydrogen) atoms. The number of nitrogens with one attached hydrogen (secondary N) is 1. The van der Waals surface area contributed by atoms with Crippen LogP contribution in [0.3, 0.4) is 0 Å². The van der Waals surface area contributed by atoms with Crippen molar-refractivity contribution in [2.45, 2.75) is 180 Å². The summed E-state index contributed by atoms with van der Waals surface area (Å²) in [6, 6.07) is 5.75. The summed E-state index contributed by atoms with van der Waals surface area (Å²) in [5, 5.41) is 35.7. The molecule has 9 heteroatoms. The first-order valence-corrected chi connectivity index (χ1v) is 26.3. The van der Waals surface area contributed by atoms with Crippen molar-refractivity contribution in [2.24, 2.45) is 56.7 Å². The Bertz CT molecular complexity index is 2160. The van der Waals surface area contributed by atoms with Gasteiger partial charge in [0.15, 0.2) is 0 Å². The van der Waals surface area contributed by atoms with E-state index in [4.69, 9.17) is 0 Å². The van der Waals surface area contributed by atoms with Crippen LogP contribution in [0, 0.1) is 68.0 Å². The van der Waals surface area contributed by atoms with Crippen LogP contribution >= 0.6 is 0 Å². The van der Waals surface area contributed by atoms with Gasteiger partial charge < -0.3 is 15.5 Å². The van der Waals surface area contributed by atoms with Crippen molar-refractivity contribution in [3.63, 3.8) is 0 Å². The van der Waals surface area contributed by atoms with Crippen LogP contribution in [0.4, 0.5) is 0 Å². The number of aliphatic carboxylic acids is 1. The zero-order valence-electron chi connectivity index (χ0n) is 39.1. The third-order valence-corrected chi connectivity index (χ3v) is 22.1. The summed E-state index contributed by atoms with van der Waals surface area (Å²) in [5.41, 5.74) is 4.35. The lowest BCUT2D eigenvalue weighted by atomic mass is 9.33. The number of allylic oxidation sites excluding steroid dienone is 5. The molecule has 8 nitrogen and oxygen atoms in total. The highest BCUT2D eigenvalue weighted by Gasteiger charge is 2.70. The van der Waals surface area contributed by atoms with Crippen LogP contribution in [-0.4, -0.2) is 58.8 Å². The number of sulfone groups is 1. The quantitative estimate of drug-likeness (QED) is 0.187. The predicted octanol–water partition coefficient (Wildman–Crippen LogP) is 10.7. The molecule has 5 saturated carbocycles. The molecule has 0 aliphatic heterocycles. The maximum absolute atomic E-state index is 12.9. The normalized spacial score (nSPS) is 42.5. The largest absolute Gasteiger partial charge is 0.481 e. The van der Waals surface area contributed by atoms with E-state index in [0.717, 1.165) is 32.2 Å². The standard InChI is InChI=1S/C53H77N3O5S/c1-35(2)39-17-28-53(56-33-31-52(59)26-15-38(16-27-52)62(8,60)61)30-29-49(6)41(45(39)53)11-12-44-48(5)21-18-40(47(3,4)43(48)20-22-50(44,49)7)36-13-23-51(24-14-36,46(57)58)25-19-42-37(34-54)10-9-32-55-42/h9-10,13,18,32,38-39,41,43-45,56,59H,1,11-12,14-17,19-31,33H2,2-8H3,(H,57,58)/t38-,39-,41+,43-,44+,45+,48-,49+,50+,51+,52+,53-/m0/s1. The first kappa shape index (κ1) is 45.8. The second-order valence-electron chi connectivity index (χ2n) is 23.4. The minimum Gasteiger partial charge on any atom is -0.481 e. The van der Waals surface area contributed by atoms with Crippen LogP contribution in [-0.2, 0) is 21.1 Å². The Morgan fingerprint density at radius 2 is 1.66 bits per heavy atom. The fraction of sp³-hybridized carbons (Fsp3) is 0.755. The van der Waals surface area contributed by atoms with E-state index in [1.165, 1.54) is 61.5 Å². The fourth-order valence-corrected chi connectivity index (χ4v) is 17.8. The lowest BCUT2D eigenvalue weighted by Crippen LogP contribution is -2.68. The Kier molecular flexibility index (Phi) is 11.8. The summed E-state index contributed by atoms with van der Waals surface area (Å²) in [6.07, 6.45) is 24.4. The molecule has 8 rings (SSSR count). The maximum Gasteiger partial charge on any atom is 0.309 e. The predicted molar refractivity (Wildman–Crippen MR) is 247 cm³/mol. The van der Waals surface area contributed by atoms with Gasteiger partial charge >= 0.3 is 5.97 Å². The number of carboxylic acid groups (broad SMARTS) is 1. The molecule has 340 valence electrons. The molecule has 0 saturated heterocycles. The number of hydrogen-bond donors (Lipinski definition) is 3. The summed E-state index contributed by atoms with van der Waals surface area (Å²) < 4.78 is 24.5. The van der Waals surface area contributed by atoms with Crippen LogP contribution < -0.4 is 5.32 Å². The molecule has 0 aromatic carbocycles. The Balaban J connectivity index is 0.998. The monoisotopic (exact) mass is 868 g/mol. The highest BCUT2D eigenvalue weighted by atomic mass is 32.2. The number of carbonyl (C=O) groups is 1. The van der Waals surface area contributed by atoms with Gasteiger partial charge in [0, 0.05) is 18.0 Å². The number of aryl methyl sites for hydroxylation is 1. The van der Waals surface area contributed by atoms with Gasteiger partial charge in [-0.3, -0.25) is 9.78 Å². The number of fused-ring (bicyclic) bond motifs is 7. The third-order valence-electron chi connectivity index (χ3n) is 20.4. The Morgan fingerprint density at radius 3 is 2.31 bits per heavy atom. The van der Waals surface area contributed by atoms with Crippen molar-refractivity contribution in [1.82, 2.24) is 10.3 Å². The molecule has 0 bridgehead atoms. The van der Waals surface area contributed by atoms with E-state index >= 15 is 0 Å². The zero-order chi connectivity index (χ0) is 44.7. The van der Waals surface area contributed by atoms with Crippen LogP contribution in [0.25, 0.3) is 0 Å². The van der Waals surface area contributed by atoms with Crippen LogP contribution in [0.1, 0.15) is 168 Å². The van der Waals surface area contributed by atoms with Gasteiger partial charge in [-0.15, -0.1) is 0 Å². The molecule has 7 aliphatic carbocycles. The molecule has 7 aliphatic rings. The van der Waals surface area contributed by atoms with E-state index in [0.29, 0.717) is 98.6 Å². The third kappa shape index (κ3) is 7.31. The number of aromatic nitrogens is 1. The second-order valence-corrected chi connectivity index (χ2v) is 25.8. The lowest BCUT2D eigenvalue weighted by Gasteiger charge is -2.72. The number of nitrogens with zero attached hydrogens (tertiary/aromatic N) is 2. The number of hydrogen-bond acceptors (Lipinski definition) is 7. The number of rotatable bonds is 11. The van der Waals surface area contributed by atoms with Gasteiger partial charge in [-0.2, -0.15) is 5.26 Å². The van der Waals surface area contributed by atoms with Gasteiger partial charge in [0.25, 0.3) is 0 Å². The zero-order valence-corrected chi connectivity index (χ0v) is 39.9. The molecular formula is C53H77N3O5S. The molecule has 0 unspecified atom stereocenters.